The van der Waals surface area contributed by atoms with E-state index in [1.165, 1.54) is 0 Å². The molecular formula is C11H13N2O. The molecule has 1 aliphatic rings. The molecule has 0 saturated heterocycles. The molecule has 0 aliphatic carbocycles. The Morgan fingerprint density at radius 2 is 2.14 bits per heavy atom. The smallest absolute Gasteiger partial charge is 0.230 e. The van der Waals surface area contributed by atoms with Gasteiger partial charge >= 0.3 is 0 Å². The van der Waals surface area contributed by atoms with Crippen LogP contribution in [0.2, 0.25) is 0 Å². The van der Waals surface area contributed by atoms with E-state index in [0.717, 1.165) is 11.3 Å². The van der Waals surface area contributed by atoms with Crippen LogP contribution in [0.5, 0.6) is 0 Å². The van der Waals surface area contributed by atoms with Gasteiger partial charge < -0.3 is 11.1 Å². The van der Waals surface area contributed by atoms with Gasteiger partial charge in [-0.15, -0.1) is 0 Å². The number of anilines is 1. The number of amides is 1. The summed E-state index contributed by atoms with van der Waals surface area (Å²) in [7, 11) is 0. The summed E-state index contributed by atoms with van der Waals surface area (Å²) in [6.07, 6.45) is 0.709. The van der Waals surface area contributed by atoms with Crippen LogP contribution >= 0.6 is 0 Å². The molecule has 0 unspecified atom stereocenters. The van der Waals surface area contributed by atoms with Crippen LogP contribution in [0.15, 0.2) is 18.2 Å². The number of fused-ring (bicyclic) bond motifs is 1. The summed E-state index contributed by atoms with van der Waals surface area (Å²) in [6.45, 7) is 3.84. The standard InChI is InChI=1S/C11H13N2O/c1-11(2)6-7-5-8(12)3-4-9(7)13-10(11)14/h3-5,12H,6H2,1-2H3,(H,13,14). The van der Waals surface area contributed by atoms with Crippen molar-refractivity contribution in [2.45, 2.75) is 20.3 Å². The molecule has 0 saturated carbocycles. The van der Waals surface area contributed by atoms with E-state index >= 15 is 0 Å². The van der Waals surface area contributed by atoms with E-state index in [1.807, 2.05) is 19.9 Å². The summed E-state index contributed by atoms with van der Waals surface area (Å²) in [5, 5.41) is 2.86. The third-order valence-corrected chi connectivity index (χ3v) is 2.60. The summed E-state index contributed by atoms with van der Waals surface area (Å²) in [5.74, 6) is 0.0581. The van der Waals surface area contributed by atoms with Gasteiger partial charge in [-0.2, -0.15) is 0 Å². The fourth-order valence-corrected chi connectivity index (χ4v) is 1.71. The Hall–Kier alpha value is -1.51. The third-order valence-electron chi connectivity index (χ3n) is 2.60. The van der Waals surface area contributed by atoms with Crippen LogP contribution in [0.4, 0.5) is 11.4 Å². The molecule has 1 heterocycles. The number of carbonyl (C=O) groups is 1. The molecule has 2 rings (SSSR count). The fourth-order valence-electron chi connectivity index (χ4n) is 1.71. The lowest BCUT2D eigenvalue weighted by Crippen LogP contribution is -2.36. The second-order valence-corrected chi connectivity index (χ2v) is 4.39. The Balaban J connectivity index is 2.46. The van der Waals surface area contributed by atoms with E-state index in [-0.39, 0.29) is 11.3 Å². The Morgan fingerprint density at radius 1 is 1.43 bits per heavy atom. The minimum absolute atomic E-state index is 0.0581. The first kappa shape index (κ1) is 9.06. The number of carbonyl (C=O) groups excluding carboxylic acids is 1. The van der Waals surface area contributed by atoms with Crippen molar-refractivity contribution in [3.05, 3.63) is 23.8 Å². The minimum Gasteiger partial charge on any atom is -0.325 e. The van der Waals surface area contributed by atoms with Gasteiger partial charge in [-0.25, -0.2) is 0 Å². The molecule has 3 nitrogen and oxygen atoms in total. The van der Waals surface area contributed by atoms with E-state index in [2.05, 4.69) is 5.32 Å². The summed E-state index contributed by atoms with van der Waals surface area (Å²) < 4.78 is 0. The Labute approximate surface area is 83.3 Å². The minimum atomic E-state index is -0.360. The molecule has 0 fully saturated rings. The SMILES string of the molecule is CC1(C)Cc2cc([NH])ccc2NC1=O. The first-order valence-corrected chi connectivity index (χ1v) is 4.65. The molecule has 1 amide bonds. The highest BCUT2D eigenvalue weighted by Crippen LogP contribution is 2.34. The van der Waals surface area contributed by atoms with E-state index in [9.17, 15) is 4.79 Å². The van der Waals surface area contributed by atoms with Gasteiger partial charge in [0.05, 0.1) is 5.69 Å². The van der Waals surface area contributed by atoms with Gasteiger partial charge in [0.25, 0.3) is 0 Å². The Kier molecular flexibility index (Phi) is 1.77. The quantitative estimate of drug-likeness (QED) is 0.667. The van der Waals surface area contributed by atoms with E-state index in [1.54, 1.807) is 12.1 Å². The molecule has 1 aliphatic heterocycles. The maximum absolute atomic E-state index is 11.6. The Morgan fingerprint density at radius 3 is 2.86 bits per heavy atom. The van der Waals surface area contributed by atoms with Crippen LogP contribution in [0.25, 0.3) is 0 Å². The highest BCUT2D eigenvalue weighted by molar-refractivity contribution is 5.98. The number of rotatable bonds is 0. The number of nitrogens with one attached hydrogen (secondary N) is 2. The molecule has 0 aromatic heterocycles. The average Bonchev–Trinajstić information content (AvgIpc) is 2.07. The lowest BCUT2D eigenvalue weighted by atomic mass is 9.81. The molecule has 1 radical (unpaired) electrons. The molecular weight excluding hydrogens is 176 g/mol. The summed E-state index contributed by atoms with van der Waals surface area (Å²) in [6, 6.07) is 5.30. The average molecular weight is 189 g/mol. The van der Waals surface area contributed by atoms with Crippen molar-refractivity contribution in [3.63, 3.8) is 0 Å². The van der Waals surface area contributed by atoms with Crippen LogP contribution in [0.3, 0.4) is 0 Å². The van der Waals surface area contributed by atoms with Crippen LogP contribution in [-0.2, 0) is 11.2 Å². The fraction of sp³-hybridized carbons (Fsp3) is 0.364. The maximum Gasteiger partial charge on any atom is 0.230 e. The molecule has 14 heavy (non-hydrogen) atoms. The van der Waals surface area contributed by atoms with Crippen molar-refractivity contribution in [1.29, 1.82) is 0 Å². The summed E-state index contributed by atoms with van der Waals surface area (Å²) >= 11 is 0. The number of hydrogen-bond donors (Lipinski definition) is 1. The van der Waals surface area contributed by atoms with Gasteiger partial charge in [0.1, 0.15) is 0 Å². The molecule has 0 atom stereocenters. The van der Waals surface area contributed by atoms with Crippen molar-refractivity contribution in [2.75, 3.05) is 5.32 Å². The first-order valence-electron chi connectivity index (χ1n) is 4.65. The normalized spacial score (nSPS) is 18.6. The highest BCUT2D eigenvalue weighted by Gasteiger charge is 2.33. The van der Waals surface area contributed by atoms with Crippen LogP contribution in [-0.4, -0.2) is 5.91 Å². The second kappa shape index (κ2) is 2.74. The third kappa shape index (κ3) is 1.35. The predicted octanol–water partition coefficient (Wildman–Crippen LogP) is 2.12. The van der Waals surface area contributed by atoms with Crippen molar-refractivity contribution in [3.8, 4) is 0 Å². The van der Waals surface area contributed by atoms with Crippen LogP contribution < -0.4 is 11.1 Å². The molecule has 0 bridgehead atoms. The van der Waals surface area contributed by atoms with Gasteiger partial charge in [-0.05, 0) is 30.2 Å². The number of hydrogen-bond acceptors (Lipinski definition) is 1. The molecule has 1 aromatic rings. The lowest BCUT2D eigenvalue weighted by Gasteiger charge is -2.30. The van der Waals surface area contributed by atoms with Crippen molar-refractivity contribution >= 4 is 17.3 Å². The first-order chi connectivity index (χ1) is 6.49. The molecule has 1 aromatic carbocycles. The largest absolute Gasteiger partial charge is 0.325 e. The highest BCUT2D eigenvalue weighted by atomic mass is 16.2. The van der Waals surface area contributed by atoms with Crippen LogP contribution in [0, 0.1) is 5.41 Å². The van der Waals surface area contributed by atoms with E-state index in [0.29, 0.717) is 12.1 Å². The van der Waals surface area contributed by atoms with E-state index in [4.69, 9.17) is 5.73 Å². The zero-order chi connectivity index (χ0) is 10.3. The Bertz CT molecular complexity index is 396. The van der Waals surface area contributed by atoms with Gasteiger partial charge in [0.15, 0.2) is 0 Å². The van der Waals surface area contributed by atoms with Crippen molar-refractivity contribution in [2.24, 2.45) is 5.41 Å². The maximum atomic E-state index is 11.6. The summed E-state index contributed by atoms with van der Waals surface area (Å²) in [5.41, 5.74) is 9.55. The predicted molar refractivity (Wildman–Crippen MR) is 55.3 cm³/mol. The molecule has 0 spiro atoms. The van der Waals surface area contributed by atoms with Crippen molar-refractivity contribution in [1.82, 2.24) is 5.73 Å². The van der Waals surface area contributed by atoms with Gasteiger partial charge in [-0.1, -0.05) is 13.8 Å². The van der Waals surface area contributed by atoms with E-state index < -0.39 is 0 Å². The zero-order valence-corrected chi connectivity index (χ0v) is 8.35. The topological polar surface area (TPSA) is 52.9 Å². The zero-order valence-electron chi connectivity index (χ0n) is 8.35. The second-order valence-electron chi connectivity index (χ2n) is 4.39. The van der Waals surface area contributed by atoms with Gasteiger partial charge in [0.2, 0.25) is 5.91 Å². The van der Waals surface area contributed by atoms with Crippen molar-refractivity contribution < 1.29 is 4.79 Å². The molecule has 3 heteroatoms. The number of benzene rings is 1. The van der Waals surface area contributed by atoms with Crippen LogP contribution in [0.1, 0.15) is 19.4 Å². The van der Waals surface area contributed by atoms with Gasteiger partial charge in [0, 0.05) is 11.1 Å². The summed E-state index contributed by atoms with van der Waals surface area (Å²) in [4.78, 5) is 11.6. The monoisotopic (exact) mass is 189 g/mol. The molecule has 73 valence electrons. The molecule has 2 N–H and O–H groups in total. The van der Waals surface area contributed by atoms with Gasteiger partial charge in [-0.3, -0.25) is 4.79 Å². The lowest BCUT2D eigenvalue weighted by molar-refractivity contribution is -0.124.